The van der Waals surface area contributed by atoms with Gasteiger partial charge in [0.25, 0.3) is 5.91 Å². The van der Waals surface area contributed by atoms with Gasteiger partial charge in [-0.3, -0.25) is 4.79 Å². The Morgan fingerprint density at radius 1 is 1.42 bits per heavy atom. The van der Waals surface area contributed by atoms with Crippen LogP contribution in [0.25, 0.3) is 0 Å². The van der Waals surface area contributed by atoms with Crippen molar-refractivity contribution in [1.29, 1.82) is 0 Å². The lowest BCUT2D eigenvalue weighted by Crippen LogP contribution is -2.42. The van der Waals surface area contributed by atoms with Crippen molar-refractivity contribution in [1.82, 2.24) is 15.2 Å². The molecule has 1 aromatic heterocycles. The lowest BCUT2D eigenvalue weighted by atomic mass is 10.2. The first-order valence-corrected chi connectivity index (χ1v) is 10.1. The van der Waals surface area contributed by atoms with Crippen LogP contribution in [-0.4, -0.2) is 41.5 Å². The highest BCUT2D eigenvalue weighted by Crippen LogP contribution is 2.24. The Morgan fingerprint density at radius 3 is 2.85 bits per heavy atom. The van der Waals surface area contributed by atoms with Gasteiger partial charge in [0.2, 0.25) is 0 Å². The minimum atomic E-state index is 0.0910. The highest BCUT2D eigenvalue weighted by atomic mass is 35.5. The Bertz CT molecular complexity index is 742. The van der Waals surface area contributed by atoms with E-state index in [9.17, 15) is 4.79 Å². The second kappa shape index (κ2) is 8.84. The third-order valence-electron chi connectivity index (χ3n) is 4.41. The van der Waals surface area contributed by atoms with Crippen LogP contribution in [0.1, 0.15) is 40.1 Å². The number of nitrogens with zero attached hydrogens (tertiary/aromatic N) is 2. The zero-order valence-electron chi connectivity index (χ0n) is 15.1. The maximum absolute atomic E-state index is 13.1. The SMILES string of the molecule is CCCN(C(=O)c1sc(COc2ccc(Cl)cc2)nc1C)C1CCNC1. The largest absolute Gasteiger partial charge is 0.486 e. The van der Waals surface area contributed by atoms with Crippen LogP contribution in [0.3, 0.4) is 0 Å². The molecule has 1 amide bonds. The van der Waals surface area contributed by atoms with Gasteiger partial charge in [0.1, 0.15) is 22.2 Å². The molecule has 1 N–H and O–H groups in total. The molecule has 1 aliphatic heterocycles. The maximum atomic E-state index is 13.1. The second-order valence-corrected chi connectivity index (χ2v) is 7.93. The fourth-order valence-electron chi connectivity index (χ4n) is 3.12. The standard InChI is InChI=1S/C19H24ClN3O2S/c1-3-10-23(15-8-9-21-11-15)19(24)18-13(2)22-17(26-18)12-25-16-6-4-14(20)5-7-16/h4-7,15,21H,3,8-12H2,1-2H3. The van der Waals surface area contributed by atoms with Crippen LogP contribution in [0.5, 0.6) is 5.75 Å². The van der Waals surface area contributed by atoms with E-state index in [1.165, 1.54) is 11.3 Å². The zero-order chi connectivity index (χ0) is 18.5. The smallest absolute Gasteiger partial charge is 0.266 e. The Kier molecular flexibility index (Phi) is 6.51. The van der Waals surface area contributed by atoms with E-state index in [1.54, 1.807) is 12.1 Å². The molecule has 0 saturated carbocycles. The van der Waals surface area contributed by atoms with Gasteiger partial charge in [-0.25, -0.2) is 4.98 Å². The molecule has 0 spiro atoms. The average molecular weight is 394 g/mol. The summed E-state index contributed by atoms with van der Waals surface area (Å²) in [6, 6.07) is 7.50. The average Bonchev–Trinajstić information content (AvgIpc) is 3.28. The molecule has 1 unspecified atom stereocenters. The molecule has 7 heteroatoms. The molecule has 26 heavy (non-hydrogen) atoms. The number of hydrogen-bond acceptors (Lipinski definition) is 5. The zero-order valence-corrected chi connectivity index (χ0v) is 16.7. The number of hydrogen-bond donors (Lipinski definition) is 1. The first-order valence-electron chi connectivity index (χ1n) is 8.95. The molecule has 2 aromatic rings. The highest BCUT2D eigenvalue weighted by Gasteiger charge is 2.29. The number of ether oxygens (including phenoxy) is 1. The molecule has 1 aromatic carbocycles. The van der Waals surface area contributed by atoms with Crippen molar-refractivity contribution in [2.45, 2.75) is 39.3 Å². The molecule has 1 atom stereocenters. The van der Waals surface area contributed by atoms with Crippen molar-refractivity contribution in [3.8, 4) is 5.75 Å². The molecule has 1 fully saturated rings. The molecule has 5 nitrogen and oxygen atoms in total. The van der Waals surface area contributed by atoms with Crippen LogP contribution in [0.4, 0.5) is 0 Å². The normalized spacial score (nSPS) is 16.7. The summed E-state index contributed by atoms with van der Waals surface area (Å²) in [5.41, 5.74) is 0.779. The number of carbonyl (C=O) groups excluding carboxylic acids is 1. The molecule has 0 aliphatic carbocycles. The van der Waals surface area contributed by atoms with Crippen molar-refractivity contribution in [3.05, 3.63) is 44.9 Å². The summed E-state index contributed by atoms with van der Waals surface area (Å²) in [6.07, 6.45) is 1.96. The van der Waals surface area contributed by atoms with Crippen LogP contribution in [0.15, 0.2) is 24.3 Å². The summed E-state index contributed by atoms with van der Waals surface area (Å²) in [5.74, 6) is 0.827. The Balaban J connectivity index is 1.69. The van der Waals surface area contributed by atoms with E-state index in [1.807, 2.05) is 24.0 Å². The maximum Gasteiger partial charge on any atom is 0.266 e. The number of rotatable bonds is 7. The fraction of sp³-hybridized carbons (Fsp3) is 0.474. The van der Waals surface area contributed by atoms with Gasteiger partial charge < -0.3 is 15.0 Å². The summed E-state index contributed by atoms with van der Waals surface area (Å²) in [4.78, 5) is 20.3. The van der Waals surface area contributed by atoms with Gasteiger partial charge in [0.05, 0.1) is 5.69 Å². The van der Waals surface area contributed by atoms with Gasteiger partial charge in [0.15, 0.2) is 0 Å². The predicted octanol–water partition coefficient (Wildman–Crippen LogP) is 3.90. The van der Waals surface area contributed by atoms with Crippen LogP contribution in [0, 0.1) is 6.92 Å². The van der Waals surface area contributed by atoms with E-state index in [2.05, 4.69) is 17.2 Å². The van der Waals surface area contributed by atoms with Crippen LogP contribution >= 0.6 is 22.9 Å². The van der Waals surface area contributed by atoms with Gasteiger partial charge in [-0.1, -0.05) is 18.5 Å². The van der Waals surface area contributed by atoms with Gasteiger partial charge in [-0.15, -0.1) is 11.3 Å². The van der Waals surface area contributed by atoms with Crippen molar-refractivity contribution >= 4 is 28.8 Å². The summed E-state index contributed by atoms with van der Waals surface area (Å²) >= 11 is 7.31. The van der Waals surface area contributed by atoms with Crippen molar-refractivity contribution in [2.75, 3.05) is 19.6 Å². The molecule has 0 radical (unpaired) electrons. The topological polar surface area (TPSA) is 54.5 Å². The monoisotopic (exact) mass is 393 g/mol. The van der Waals surface area contributed by atoms with Gasteiger partial charge in [-0.2, -0.15) is 0 Å². The molecule has 0 bridgehead atoms. The Hall–Kier alpha value is -1.63. The number of halogens is 1. The van der Waals surface area contributed by atoms with Crippen LogP contribution < -0.4 is 10.1 Å². The summed E-state index contributed by atoms with van der Waals surface area (Å²) in [7, 11) is 0. The predicted molar refractivity (Wildman–Crippen MR) is 105 cm³/mol. The minimum Gasteiger partial charge on any atom is -0.486 e. The molecule has 1 saturated heterocycles. The first-order chi connectivity index (χ1) is 12.6. The molecule has 140 valence electrons. The van der Waals surface area contributed by atoms with Gasteiger partial charge in [0, 0.05) is 24.2 Å². The number of aromatic nitrogens is 1. The Labute approximate surface area is 163 Å². The summed E-state index contributed by atoms with van der Waals surface area (Å²) in [5, 5.41) is 4.83. The third kappa shape index (κ3) is 4.55. The van der Waals surface area contributed by atoms with E-state index in [-0.39, 0.29) is 11.9 Å². The fourth-order valence-corrected chi connectivity index (χ4v) is 4.18. The van der Waals surface area contributed by atoms with Crippen molar-refractivity contribution in [3.63, 3.8) is 0 Å². The Morgan fingerprint density at radius 2 is 2.19 bits per heavy atom. The van der Waals surface area contributed by atoms with Crippen molar-refractivity contribution in [2.24, 2.45) is 0 Å². The van der Waals surface area contributed by atoms with Gasteiger partial charge >= 0.3 is 0 Å². The quantitative estimate of drug-likeness (QED) is 0.775. The molecular formula is C19H24ClN3O2S. The number of nitrogens with one attached hydrogen (secondary N) is 1. The number of amides is 1. The van der Waals surface area contributed by atoms with E-state index >= 15 is 0 Å². The van der Waals surface area contributed by atoms with Gasteiger partial charge in [-0.05, 0) is 50.6 Å². The van der Waals surface area contributed by atoms with E-state index < -0.39 is 0 Å². The number of thiazole rings is 1. The lowest BCUT2D eigenvalue weighted by Gasteiger charge is -2.27. The van der Waals surface area contributed by atoms with Crippen molar-refractivity contribution < 1.29 is 9.53 Å². The van der Waals surface area contributed by atoms with E-state index in [4.69, 9.17) is 16.3 Å². The second-order valence-electron chi connectivity index (χ2n) is 6.41. The third-order valence-corrected chi connectivity index (χ3v) is 5.78. The minimum absolute atomic E-state index is 0.0910. The molecule has 3 rings (SSSR count). The van der Waals surface area contributed by atoms with Crippen LogP contribution in [-0.2, 0) is 6.61 Å². The number of aryl methyl sites for hydroxylation is 1. The van der Waals surface area contributed by atoms with E-state index in [0.29, 0.717) is 11.6 Å². The van der Waals surface area contributed by atoms with E-state index in [0.717, 1.165) is 53.8 Å². The highest BCUT2D eigenvalue weighted by molar-refractivity contribution is 7.13. The molecule has 2 heterocycles. The van der Waals surface area contributed by atoms with Crippen LogP contribution in [0.2, 0.25) is 5.02 Å². The molecular weight excluding hydrogens is 370 g/mol. The molecule has 1 aliphatic rings. The number of carbonyl (C=O) groups is 1. The summed E-state index contributed by atoms with van der Waals surface area (Å²) in [6.45, 7) is 6.97. The first kappa shape index (κ1) is 19.1. The summed E-state index contributed by atoms with van der Waals surface area (Å²) < 4.78 is 5.76. The number of benzene rings is 1. The lowest BCUT2D eigenvalue weighted by molar-refractivity contribution is 0.0696.